The predicted molar refractivity (Wildman–Crippen MR) is 73.1 cm³/mol. The normalized spacial score (nSPS) is 19.5. The van der Waals surface area contributed by atoms with E-state index in [1.807, 2.05) is 27.7 Å². The molecular formula is C14H16BF3O3. The van der Waals surface area contributed by atoms with Gasteiger partial charge in [-0.1, -0.05) is 18.2 Å². The van der Waals surface area contributed by atoms with Crippen molar-refractivity contribution in [1.82, 2.24) is 0 Å². The summed E-state index contributed by atoms with van der Waals surface area (Å²) in [4.78, 5) is 0. The van der Waals surface area contributed by atoms with Crippen molar-refractivity contribution in [2.75, 3.05) is 0 Å². The molecule has 1 heterocycles. The third-order valence-electron chi connectivity index (χ3n) is 3.77. The Morgan fingerprint density at radius 2 is 1.52 bits per heavy atom. The van der Waals surface area contributed by atoms with E-state index in [0.29, 0.717) is 5.46 Å². The second-order valence-electron chi connectivity index (χ2n) is 5.76. The number of halogens is 3. The summed E-state index contributed by atoms with van der Waals surface area (Å²) in [5.41, 5.74) is -0.831. The van der Waals surface area contributed by atoms with Crippen LogP contribution in [-0.2, 0) is 9.31 Å². The van der Waals surface area contributed by atoms with Gasteiger partial charge < -0.3 is 14.0 Å². The van der Waals surface area contributed by atoms with Crippen molar-refractivity contribution in [1.29, 1.82) is 0 Å². The fourth-order valence-electron chi connectivity index (χ4n) is 1.87. The lowest BCUT2D eigenvalue weighted by Crippen LogP contribution is -2.41. The van der Waals surface area contributed by atoms with E-state index in [0.717, 1.165) is 0 Å². The fourth-order valence-corrected chi connectivity index (χ4v) is 1.87. The van der Waals surface area contributed by atoms with E-state index in [-0.39, 0.29) is 5.75 Å². The molecule has 0 N–H and O–H groups in total. The number of ether oxygens (including phenoxy) is 1. The first-order valence-electron chi connectivity index (χ1n) is 6.47. The summed E-state index contributed by atoms with van der Waals surface area (Å²) in [6.45, 7) is 7.44. The van der Waals surface area contributed by atoms with Gasteiger partial charge in [0.15, 0.2) is 0 Å². The molecule has 1 fully saturated rings. The van der Waals surface area contributed by atoms with Crippen molar-refractivity contribution in [2.24, 2.45) is 0 Å². The molecule has 21 heavy (non-hydrogen) atoms. The van der Waals surface area contributed by atoms with Gasteiger partial charge in [0, 0.05) is 5.46 Å². The number of hydrogen-bond acceptors (Lipinski definition) is 3. The van der Waals surface area contributed by atoms with Crippen LogP contribution in [0, 0.1) is 0 Å². The highest BCUT2D eigenvalue weighted by Crippen LogP contribution is 2.37. The van der Waals surface area contributed by atoms with Crippen LogP contribution >= 0.6 is 0 Å². The molecule has 0 amide bonds. The van der Waals surface area contributed by atoms with Gasteiger partial charge in [0.05, 0.1) is 11.2 Å². The van der Waals surface area contributed by atoms with Crippen LogP contribution in [0.3, 0.4) is 0 Å². The van der Waals surface area contributed by atoms with Gasteiger partial charge >= 0.3 is 19.2 Å². The second-order valence-corrected chi connectivity index (χ2v) is 5.76. The molecule has 1 aliphatic rings. The molecule has 0 aliphatic carbocycles. The molecule has 0 unspecified atom stereocenters. The van der Waals surface area contributed by atoms with Gasteiger partial charge in [-0.15, -0.1) is 0 Å². The van der Waals surface area contributed by atoms with Gasteiger partial charge in [-0.05, 0) is 33.8 Å². The third-order valence-corrected chi connectivity index (χ3v) is 3.77. The maximum Gasteiger partial charge on any atom is 0.498 e. The maximum atomic E-state index is 13.0. The van der Waals surface area contributed by atoms with Gasteiger partial charge in [0.1, 0.15) is 5.75 Å². The average Bonchev–Trinajstić information content (AvgIpc) is 2.58. The molecule has 0 atom stereocenters. The minimum absolute atomic E-state index is 0.0682. The van der Waals surface area contributed by atoms with Crippen molar-refractivity contribution in [2.45, 2.75) is 38.9 Å². The summed E-state index contributed by atoms with van der Waals surface area (Å²) in [5.74, 6) is -0.0682. The zero-order valence-corrected chi connectivity index (χ0v) is 12.2. The number of hydrogen-bond donors (Lipinski definition) is 0. The highest BCUT2D eigenvalue weighted by Gasteiger charge is 2.52. The molecule has 1 aliphatic heterocycles. The van der Waals surface area contributed by atoms with Crippen molar-refractivity contribution in [3.8, 4) is 5.75 Å². The molecular weight excluding hydrogens is 284 g/mol. The fraction of sp³-hybridized carbons (Fsp3) is 0.429. The van der Waals surface area contributed by atoms with Crippen LogP contribution in [0.15, 0.2) is 36.4 Å². The smallest absolute Gasteiger partial charge is 0.428 e. The van der Waals surface area contributed by atoms with Crippen molar-refractivity contribution in [3.05, 3.63) is 36.4 Å². The van der Waals surface area contributed by atoms with E-state index in [9.17, 15) is 13.2 Å². The molecule has 1 saturated heterocycles. The third kappa shape index (κ3) is 3.08. The first kappa shape index (κ1) is 15.9. The van der Waals surface area contributed by atoms with E-state index < -0.39 is 30.4 Å². The van der Waals surface area contributed by atoms with Gasteiger partial charge in [0.2, 0.25) is 0 Å². The van der Waals surface area contributed by atoms with E-state index in [4.69, 9.17) is 9.31 Å². The standard InChI is InChI=1S/C14H16BF3O3/c1-13(2)14(3,4)21-15(20-13)9-7-5-6-8-10(9)19-12(18)11(16)17/h5-8H,1-4H3. The number of benzene rings is 1. The molecule has 114 valence electrons. The monoisotopic (exact) mass is 300 g/mol. The van der Waals surface area contributed by atoms with E-state index in [2.05, 4.69) is 4.74 Å². The Morgan fingerprint density at radius 1 is 1.00 bits per heavy atom. The van der Waals surface area contributed by atoms with Gasteiger partial charge in [-0.3, -0.25) is 0 Å². The molecule has 3 nitrogen and oxygen atoms in total. The highest BCUT2D eigenvalue weighted by molar-refractivity contribution is 6.63. The second kappa shape index (κ2) is 5.38. The molecule has 0 radical (unpaired) electrons. The minimum atomic E-state index is -2.52. The summed E-state index contributed by atoms with van der Waals surface area (Å²) in [5, 5.41) is 0. The van der Waals surface area contributed by atoms with Crippen LogP contribution in [-0.4, -0.2) is 18.3 Å². The van der Waals surface area contributed by atoms with Crippen LogP contribution in [0.2, 0.25) is 0 Å². The lowest BCUT2D eigenvalue weighted by atomic mass is 9.78. The molecule has 0 bridgehead atoms. The van der Waals surface area contributed by atoms with Crippen molar-refractivity contribution < 1.29 is 27.2 Å². The zero-order valence-electron chi connectivity index (χ0n) is 12.2. The zero-order chi connectivity index (χ0) is 15.8. The van der Waals surface area contributed by atoms with Crippen LogP contribution in [0.25, 0.3) is 0 Å². The van der Waals surface area contributed by atoms with Crippen LogP contribution in [0.4, 0.5) is 13.2 Å². The quantitative estimate of drug-likeness (QED) is 0.632. The Labute approximate surface area is 121 Å². The highest BCUT2D eigenvalue weighted by atomic mass is 19.3. The molecule has 0 saturated carbocycles. The first-order valence-corrected chi connectivity index (χ1v) is 6.47. The largest absolute Gasteiger partial charge is 0.498 e. The topological polar surface area (TPSA) is 27.7 Å². The SMILES string of the molecule is CC1(C)OB(c2ccccc2OC(F)=C(F)F)OC1(C)C. The summed E-state index contributed by atoms with van der Waals surface area (Å²) < 4.78 is 53.5. The molecule has 1 aromatic carbocycles. The van der Waals surface area contributed by atoms with Gasteiger partial charge in [0.25, 0.3) is 0 Å². The predicted octanol–water partition coefficient (Wildman–Crippen LogP) is 3.40. The molecule has 0 spiro atoms. The van der Waals surface area contributed by atoms with Crippen molar-refractivity contribution in [3.63, 3.8) is 0 Å². The van der Waals surface area contributed by atoms with Gasteiger partial charge in [-0.25, -0.2) is 0 Å². The van der Waals surface area contributed by atoms with Crippen LogP contribution < -0.4 is 10.2 Å². The van der Waals surface area contributed by atoms with Crippen LogP contribution in [0.1, 0.15) is 27.7 Å². The Kier molecular flexibility index (Phi) is 4.08. The molecule has 0 aromatic heterocycles. The molecule has 2 rings (SSSR count). The molecule has 7 heteroatoms. The Morgan fingerprint density at radius 3 is 2.05 bits per heavy atom. The van der Waals surface area contributed by atoms with Crippen LogP contribution in [0.5, 0.6) is 5.75 Å². The van der Waals surface area contributed by atoms with E-state index in [1.54, 1.807) is 18.2 Å². The Balaban J connectivity index is 2.32. The number of rotatable bonds is 3. The molecule has 1 aromatic rings. The average molecular weight is 300 g/mol. The summed E-state index contributed by atoms with van der Waals surface area (Å²) >= 11 is 0. The maximum absolute atomic E-state index is 13.0. The van der Waals surface area contributed by atoms with Gasteiger partial charge in [-0.2, -0.15) is 13.2 Å². The Bertz CT molecular complexity index is 552. The lowest BCUT2D eigenvalue weighted by Gasteiger charge is -2.32. The summed E-state index contributed by atoms with van der Waals surface area (Å²) in [6, 6.07) is 4.25. The van der Waals surface area contributed by atoms with E-state index in [1.165, 1.54) is 6.07 Å². The summed E-state index contributed by atoms with van der Waals surface area (Å²) in [6.07, 6.45) is -2.52. The summed E-state index contributed by atoms with van der Waals surface area (Å²) in [7, 11) is -0.818. The number of para-hydroxylation sites is 1. The van der Waals surface area contributed by atoms with E-state index >= 15 is 0 Å². The van der Waals surface area contributed by atoms with Crippen molar-refractivity contribution >= 4 is 12.6 Å². The minimum Gasteiger partial charge on any atom is -0.428 e. The lowest BCUT2D eigenvalue weighted by molar-refractivity contribution is 0.00578. The first-order chi connectivity index (χ1) is 9.64. The Hall–Kier alpha value is -1.47.